The highest BCUT2D eigenvalue weighted by Crippen LogP contribution is 2.26. The van der Waals surface area contributed by atoms with E-state index in [2.05, 4.69) is 36.5 Å². The molecule has 3 heteroatoms. The number of hydrogen-bond acceptors (Lipinski definition) is 2. The first-order valence-electron chi connectivity index (χ1n) is 9.67. The second kappa shape index (κ2) is 8.39. The number of carbonyl (C=O) groups is 1. The number of amides is 1. The smallest absolute Gasteiger partial charge is 0.258 e. The van der Waals surface area contributed by atoms with Crippen molar-refractivity contribution in [2.45, 2.75) is 58.9 Å². The Balaban J connectivity index is 1.61. The van der Waals surface area contributed by atoms with Gasteiger partial charge >= 0.3 is 0 Å². The molecule has 1 N–H and O–H groups in total. The lowest BCUT2D eigenvalue weighted by atomic mass is 9.89. The molecule has 1 atom stereocenters. The third-order valence-electron chi connectivity index (χ3n) is 5.08. The van der Waals surface area contributed by atoms with Crippen LogP contribution in [0.25, 0.3) is 0 Å². The fourth-order valence-corrected chi connectivity index (χ4v) is 3.79. The highest BCUT2D eigenvalue weighted by atomic mass is 16.5. The normalized spacial score (nSPS) is 14.4. The molecular weight excluding hydrogens is 322 g/mol. The molecule has 138 valence electrons. The van der Waals surface area contributed by atoms with Crippen LogP contribution in [0.5, 0.6) is 5.75 Å². The Morgan fingerprint density at radius 3 is 2.42 bits per heavy atom. The van der Waals surface area contributed by atoms with Crippen LogP contribution in [0.15, 0.2) is 36.4 Å². The number of nitrogens with one attached hydrogen (secondary N) is 1. The Labute approximate surface area is 156 Å². The maximum absolute atomic E-state index is 12.4. The predicted octanol–water partition coefficient (Wildman–Crippen LogP) is 4.83. The molecule has 0 saturated heterocycles. The number of aryl methyl sites for hydroxylation is 4. The summed E-state index contributed by atoms with van der Waals surface area (Å²) in [7, 11) is 0. The molecule has 0 spiro atoms. The quantitative estimate of drug-likeness (QED) is 0.809. The molecule has 0 fully saturated rings. The van der Waals surface area contributed by atoms with Crippen LogP contribution in [0.2, 0.25) is 0 Å². The van der Waals surface area contributed by atoms with Gasteiger partial charge in [-0.05, 0) is 85.9 Å². The molecule has 1 aliphatic rings. The predicted molar refractivity (Wildman–Crippen MR) is 106 cm³/mol. The number of benzene rings is 2. The summed E-state index contributed by atoms with van der Waals surface area (Å²) < 4.78 is 5.69. The van der Waals surface area contributed by atoms with Crippen LogP contribution in [0.4, 0.5) is 0 Å². The van der Waals surface area contributed by atoms with E-state index in [1.165, 1.54) is 36.0 Å². The van der Waals surface area contributed by atoms with E-state index in [0.29, 0.717) is 0 Å². The molecule has 26 heavy (non-hydrogen) atoms. The van der Waals surface area contributed by atoms with Crippen molar-refractivity contribution in [1.82, 2.24) is 5.32 Å². The van der Waals surface area contributed by atoms with E-state index in [9.17, 15) is 4.79 Å². The van der Waals surface area contributed by atoms with Crippen LogP contribution in [-0.4, -0.2) is 12.5 Å². The van der Waals surface area contributed by atoms with Crippen molar-refractivity contribution in [3.63, 3.8) is 0 Å². The summed E-state index contributed by atoms with van der Waals surface area (Å²) in [6.45, 7) is 6.21. The second-order valence-electron chi connectivity index (χ2n) is 7.38. The molecule has 0 bridgehead atoms. The van der Waals surface area contributed by atoms with Gasteiger partial charge in [-0.1, -0.05) is 31.2 Å². The largest absolute Gasteiger partial charge is 0.484 e. The maximum Gasteiger partial charge on any atom is 0.258 e. The molecule has 3 rings (SSSR count). The highest BCUT2D eigenvalue weighted by Gasteiger charge is 2.16. The van der Waals surface area contributed by atoms with Crippen molar-refractivity contribution < 1.29 is 9.53 Å². The van der Waals surface area contributed by atoms with Crippen LogP contribution in [0.3, 0.4) is 0 Å². The van der Waals surface area contributed by atoms with Crippen LogP contribution in [0, 0.1) is 13.8 Å². The van der Waals surface area contributed by atoms with Crippen molar-refractivity contribution in [3.05, 3.63) is 64.2 Å². The van der Waals surface area contributed by atoms with Crippen molar-refractivity contribution in [3.8, 4) is 5.75 Å². The fourth-order valence-electron chi connectivity index (χ4n) is 3.79. The Kier molecular flexibility index (Phi) is 5.97. The molecule has 2 aromatic carbocycles. The van der Waals surface area contributed by atoms with Gasteiger partial charge in [-0.3, -0.25) is 4.79 Å². The molecule has 1 aliphatic carbocycles. The molecule has 3 nitrogen and oxygen atoms in total. The van der Waals surface area contributed by atoms with Gasteiger partial charge in [0.05, 0.1) is 6.04 Å². The standard InChI is InChI=1S/C23H29NO2/c1-4-22(20-10-9-18-7-5-6-8-19(18)14-20)24-23(25)15-26-21-12-16(2)11-17(3)13-21/h9-14,22H,4-8,15H2,1-3H3,(H,24,25)/t22-/m0/s1. The van der Waals surface area contributed by atoms with Crippen LogP contribution < -0.4 is 10.1 Å². The zero-order chi connectivity index (χ0) is 18.5. The van der Waals surface area contributed by atoms with E-state index in [1.54, 1.807) is 0 Å². The average molecular weight is 351 g/mol. The third kappa shape index (κ3) is 4.66. The molecule has 1 amide bonds. The summed E-state index contributed by atoms with van der Waals surface area (Å²) in [4.78, 5) is 12.4. The van der Waals surface area contributed by atoms with Crippen LogP contribution in [0.1, 0.15) is 60.0 Å². The number of rotatable bonds is 6. The van der Waals surface area contributed by atoms with Crippen molar-refractivity contribution in [1.29, 1.82) is 0 Å². The highest BCUT2D eigenvalue weighted by molar-refractivity contribution is 5.78. The molecule has 2 aromatic rings. The number of hydrogen-bond donors (Lipinski definition) is 1. The molecule has 0 aromatic heterocycles. The molecular formula is C23H29NO2. The summed E-state index contributed by atoms with van der Waals surface area (Å²) >= 11 is 0. The Morgan fingerprint density at radius 2 is 1.73 bits per heavy atom. The van der Waals surface area contributed by atoms with Gasteiger partial charge < -0.3 is 10.1 Å². The zero-order valence-electron chi connectivity index (χ0n) is 16.1. The van der Waals surface area contributed by atoms with Gasteiger partial charge in [0.15, 0.2) is 6.61 Å². The van der Waals surface area contributed by atoms with Crippen molar-refractivity contribution in [2.24, 2.45) is 0 Å². The third-order valence-corrected chi connectivity index (χ3v) is 5.08. The maximum atomic E-state index is 12.4. The van der Waals surface area contributed by atoms with Gasteiger partial charge in [0.2, 0.25) is 0 Å². The van der Waals surface area contributed by atoms with Crippen molar-refractivity contribution >= 4 is 5.91 Å². The number of ether oxygens (including phenoxy) is 1. The summed E-state index contributed by atoms with van der Waals surface area (Å²) in [6, 6.07) is 12.7. The van der Waals surface area contributed by atoms with Gasteiger partial charge in [-0.25, -0.2) is 0 Å². The molecule has 0 saturated carbocycles. The Hall–Kier alpha value is -2.29. The first-order valence-corrected chi connectivity index (χ1v) is 9.67. The topological polar surface area (TPSA) is 38.3 Å². The van der Waals surface area contributed by atoms with Gasteiger partial charge in [-0.2, -0.15) is 0 Å². The first-order chi connectivity index (χ1) is 12.5. The van der Waals surface area contributed by atoms with Crippen molar-refractivity contribution in [2.75, 3.05) is 6.61 Å². The zero-order valence-corrected chi connectivity index (χ0v) is 16.1. The minimum absolute atomic E-state index is 0.0394. The molecule has 0 heterocycles. The summed E-state index contributed by atoms with van der Waals surface area (Å²) in [6.07, 6.45) is 5.76. The lowest BCUT2D eigenvalue weighted by Crippen LogP contribution is -2.32. The van der Waals surface area contributed by atoms with E-state index in [-0.39, 0.29) is 18.6 Å². The lowest BCUT2D eigenvalue weighted by molar-refractivity contribution is -0.123. The molecule has 0 aliphatic heterocycles. The van der Waals surface area contributed by atoms with E-state index >= 15 is 0 Å². The molecule has 0 unspecified atom stereocenters. The summed E-state index contributed by atoms with van der Waals surface area (Å²) in [5.41, 5.74) is 6.40. The number of carbonyl (C=O) groups excluding carboxylic acids is 1. The average Bonchev–Trinajstić information content (AvgIpc) is 2.63. The van der Waals surface area contributed by atoms with Gasteiger partial charge in [0, 0.05) is 0 Å². The number of fused-ring (bicyclic) bond motifs is 1. The Bertz CT molecular complexity index is 762. The van der Waals surface area contributed by atoms with E-state index in [4.69, 9.17) is 4.74 Å². The summed E-state index contributed by atoms with van der Waals surface area (Å²) in [5.74, 6) is 0.674. The minimum atomic E-state index is -0.0753. The van der Waals surface area contributed by atoms with Gasteiger partial charge in [-0.15, -0.1) is 0 Å². The van der Waals surface area contributed by atoms with Gasteiger partial charge in [0.1, 0.15) is 5.75 Å². The fraction of sp³-hybridized carbons (Fsp3) is 0.435. The molecule has 0 radical (unpaired) electrons. The van der Waals surface area contributed by atoms with E-state index in [0.717, 1.165) is 29.7 Å². The second-order valence-corrected chi connectivity index (χ2v) is 7.38. The monoisotopic (exact) mass is 351 g/mol. The Morgan fingerprint density at radius 1 is 1.04 bits per heavy atom. The minimum Gasteiger partial charge on any atom is -0.484 e. The van der Waals surface area contributed by atoms with Crippen LogP contribution >= 0.6 is 0 Å². The first kappa shape index (κ1) is 18.5. The van der Waals surface area contributed by atoms with Gasteiger partial charge in [0.25, 0.3) is 5.91 Å². The van der Waals surface area contributed by atoms with E-state index < -0.39 is 0 Å². The van der Waals surface area contributed by atoms with E-state index in [1.807, 2.05) is 26.0 Å². The lowest BCUT2D eigenvalue weighted by Gasteiger charge is -2.22. The van der Waals surface area contributed by atoms with Crippen LogP contribution in [-0.2, 0) is 17.6 Å². The SMILES string of the molecule is CC[C@H](NC(=O)COc1cc(C)cc(C)c1)c1ccc2c(c1)CCCC2. The summed E-state index contributed by atoms with van der Waals surface area (Å²) in [5, 5.41) is 3.13.